The number of nitrogens with zero attached hydrogens (tertiary/aromatic N) is 4. The van der Waals surface area contributed by atoms with Gasteiger partial charge < -0.3 is 20.1 Å². The third-order valence-corrected chi connectivity index (χ3v) is 4.25. The number of aromatic nitrogens is 4. The number of hydrogen-bond donors (Lipinski definition) is 3. The van der Waals surface area contributed by atoms with Gasteiger partial charge in [0.15, 0.2) is 17.0 Å². The molecule has 0 radical (unpaired) electrons. The maximum atomic E-state index is 9.35. The number of imidazole rings is 1. The number of anilines is 1. The molecule has 3 rings (SSSR count). The SMILES string of the molecule is CNc1nc(Cl)nc2c1ncn2CC1CC1(CO)CO. The Balaban J connectivity index is 1.92. The van der Waals surface area contributed by atoms with Gasteiger partial charge in [0.2, 0.25) is 5.28 Å². The van der Waals surface area contributed by atoms with Gasteiger partial charge in [-0.15, -0.1) is 0 Å². The van der Waals surface area contributed by atoms with Gasteiger partial charge >= 0.3 is 0 Å². The fraction of sp³-hybridized carbons (Fsp3) is 0.583. The summed E-state index contributed by atoms with van der Waals surface area (Å²) in [5, 5.41) is 21.8. The highest BCUT2D eigenvalue weighted by atomic mass is 35.5. The van der Waals surface area contributed by atoms with Gasteiger partial charge in [-0.1, -0.05) is 0 Å². The Bertz CT molecular complexity index is 640. The van der Waals surface area contributed by atoms with Crippen LogP contribution in [0.1, 0.15) is 6.42 Å². The number of aliphatic hydroxyl groups excluding tert-OH is 2. The zero-order chi connectivity index (χ0) is 14.3. The van der Waals surface area contributed by atoms with Crippen LogP contribution >= 0.6 is 11.6 Å². The summed E-state index contributed by atoms with van der Waals surface area (Å²) in [6, 6.07) is 0. The first-order valence-electron chi connectivity index (χ1n) is 6.41. The molecule has 20 heavy (non-hydrogen) atoms. The second-order valence-corrected chi connectivity index (χ2v) is 5.58. The summed E-state index contributed by atoms with van der Waals surface area (Å²) in [5.41, 5.74) is 0.960. The molecule has 0 spiro atoms. The lowest BCUT2D eigenvalue weighted by Gasteiger charge is -2.11. The Morgan fingerprint density at radius 3 is 2.80 bits per heavy atom. The highest BCUT2D eigenvalue weighted by Crippen LogP contribution is 2.52. The minimum Gasteiger partial charge on any atom is -0.396 e. The first kappa shape index (κ1) is 13.5. The van der Waals surface area contributed by atoms with Crippen molar-refractivity contribution in [1.82, 2.24) is 19.5 Å². The normalized spacial score (nSPS) is 20.3. The van der Waals surface area contributed by atoms with Crippen LogP contribution in [0.15, 0.2) is 6.33 Å². The van der Waals surface area contributed by atoms with Crippen LogP contribution in [0.5, 0.6) is 0 Å². The van der Waals surface area contributed by atoms with Crippen LogP contribution < -0.4 is 5.32 Å². The van der Waals surface area contributed by atoms with Crippen molar-refractivity contribution in [3.05, 3.63) is 11.6 Å². The third-order valence-electron chi connectivity index (χ3n) is 4.08. The first-order valence-corrected chi connectivity index (χ1v) is 6.79. The first-order chi connectivity index (χ1) is 9.63. The smallest absolute Gasteiger partial charge is 0.226 e. The molecule has 1 aliphatic rings. The van der Waals surface area contributed by atoms with Crippen molar-refractivity contribution in [3.63, 3.8) is 0 Å². The minimum atomic E-state index is -0.362. The van der Waals surface area contributed by atoms with E-state index >= 15 is 0 Å². The topological polar surface area (TPSA) is 96.1 Å². The second kappa shape index (κ2) is 4.83. The molecule has 1 atom stereocenters. The van der Waals surface area contributed by atoms with E-state index in [2.05, 4.69) is 20.3 Å². The van der Waals surface area contributed by atoms with E-state index in [-0.39, 0.29) is 29.8 Å². The van der Waals surface area contributed by atoms with Crippen molar-refractivity contribution in [1.29, 1.82) is 0 Å². The fourth-order valence-electron chi connectivity index (χ4n) is 2.59. The molecule has 0 saturated heterocycles. The average Bonchev–Trinajstić information content (AvgIpc) is 3.02. The quantitative estimate of drug-likeness (QED) is 0.696. The summed E-state index contributed by atoms with van der Waals surface area (Å²) in [4.78, 5) is 12.6. The van der Waals surface area contributed by atoms with E-state index in [1.165, 1.54) is 0 Å². The molecule has 0 bridgehead atoms. The van der Waals surface area contributed by atoms with Gasteiger partial charge in [-0.3, -0.25) is 0 Å². The number of fused-ring (bicyclic) bond motifs is 1. The largest absolute Gasteiger partial charge is 0.396 e. The number of halogens is 1. The summed E-state index contributed by atoms with van der Waals surface area (Å²) in [7, 11) is 1.75. The summed E-state index contributed by atoms with van der Waals surface area (Å²) >= 11 is 5.91. The maximum Gasteiger partial charge on any atom is 0.226 e. The number of aliphatic hydroxyl groups is 2. The van der Waals surface area contributed by atoms with Gasteiger partial charge in [0.25, 0.3) is 0 Å². The summed E-state index contributed by atoms with van der Waals surface area (Å²) in [5.74, 6) is 0.812. The molecule has 2 heterocycles. The Hall–Kier alpha value is -1.44. The van der Waals surface area contributed by atoms with E-state index in [9.17, 15) is 10.2 Å². The van der Waals surface area contributed by atoms with E-state index in [0.717, 1.165) is 6.42 Å². The zero-order valence-corrected chi connectivity index (χ0v) is 11.8. The van der Waals surface area contributed by atoms with Crippen molar-refractivity contribution in [3.8, 4) is 0 Å². The van der Waals surface area contributed by atoms with Crippen molar-refractivity contribution in [2.45, 2.75) is 13.0 Å². The molecule has 7 nitrogen and oxygen atoms in total. The lowest BCUT2D eigenvalue weighted by atomic mass is 10.1. The van der Waals surface area contributed by atoms with Crippen LogP contribution in [-0.4, -0.2) is 50.0 Å². The van der Waals surface area contributed by atoms with Crippen LogP contribution in [0.3, 0.4) is 0 Å². The lowest BCUT2D eigenvalue weighted by Crippen LogP contribution is -2.17. The van der Waals surface area contributed by atoms with Crippen LogP contribution in [0.4, 0.5) is 5.82 Å². The molecule has 1 fully saturated rings. The standard InChI is InChI=1S/C12H16ClN5O2/c1-14-9-8-10(17-11(13)16-9)18(6-15-8)3-7-2-12(7,4-19)5-20/h6-7,19-20H,2-5H2,1H3,(H,14,16,17). The maximum absolute atomic E-state index is 9.35. The molecule has 3 N–H and O–H groups in total. The fourth-order valence-corrected chi connectivity index (χ4v) is 2.75. The lowest BCUT2D eigenvalue weighted by molar-refractivity contribution is 0.119. The van der Waals surface area contributed by atoms with Crippen molar-refractivity contribution in [2.75, 3.05) is 25.6 Å². The number of rotatable bonds is 5. The Morgan fingerprint density at radius 2 is 2.20 bits per heavy atom. The van der Waals surface area contributed by atoms with Crippen LogP contribution in [0, 0.1) is 11.3 Å². The molecular formula is C12H16ClN5O2. The number of hydrogen-bond acceptors (Lipinski definition) is 6. The van der Waals surface area contributed by atoms with Gasteiger partial charge in [0, 0.05) is 19.0 Å². The molecule has 1 aliphatic carbocycles. The van der Waals surface area contributed by atoms with Gasteiger partial charge in [0.05, 0.1) is 19.5 Å². The molecule has 0 amide bonds. The van der Waals surface area contributed by atoms with Gasteiger partial charge in [-0.2, -0.15) is 9.97 Å². The highest BCUT2D eigenvalue weighted by molar-refractivity contribution is 6.28. The molecule has 0 aliphatic heterocycles. The minimum absolute atomic E-state index is 0.00168. The molecular weight excluding hydrogens is 282 g/mol. The Morgan fingerprint density at radius 1 is 1.45 bits per heavy atom. The molecule has 0 aromatic carbocycles. The second-order valence-electron chi connectivity index (χ2n) is 5.24. The molecule has 1 saturated carbocycles. The van der Waals surface area contributed by atoms with Crippen molar-refractivity contribution < 1.29 is 10.2 Å². The number of nitrogens with one attached hydrogen (secondary N) is 1. The average molecular weight is 298 g/mol. The molecule has 2 aromatic rings. The van der Waals surface area contributed by atoms with Crippen LogP contribution in [0.2, 0.25) is 5.28 Å². The Labute approximate surface area is 120 Å². The zero-order valence-electron chi connectivity index (χ0n) is 11.0. The molecule has 2 aromatic heterocycles. The predicted molar refractivity (Wildman–Crippen MR) is 74.6 cm³/mol. The van der Waals surface area contributed by atoms with Crippen molar-refractivity contribution >= 4 is 28.6 Å². The van der Waals surface area contributed by atoms with Gasteiger partial charge in [-0.25, -0.2) is 4.98 Å². The highest BCUT2D eigenvalue weighted by Gasteiger charge is 2.53. The van der Waals surface area contributed by atoms with Crippen LogP contribution in [0.25, 0.3) is 11.2 Å². The van der Waals surface area contributed by atoms with Gasteiger partial charge in [0.1, 0.15) is 0 Å². The van der Waals surface area contributed by atoms with Crippen molar-refractivity contribution in [2.24, 2.45) is 11.3 Å². The monoisotopic (exact) mass is 297 g/mol. The summed E-state index contributed by atoms with van der Waals surface area (Å²) < 4.78 is 1.89. The van der Waals surface area contributed by atoms with Gasteiger partial charge in [-0.05, 0) is 23.9 Å². The summed E-state index contributed by atoms with van der Waals surface area (Å²) in [6.45, 7) is 0.644. The molecule has 108 valence electrons. The van der Waals surface area contributed by atoms with Crippen LogP contribution in [-0.2, 0) is 6.54 Å². The Kier molecular flexibility index (Phi) is 3.27. The van der Waals surface area contributed by atoms with E-state index in [1.54, 1.807) is 13.4 Å². The third kappa shape index (κ3) is 2.02. The van der Waals surface area contributed by atoms with E-state index in [4.69, 9.17) is 11.6 Å². The molecule has 8 heteroatoms. The van der Waals surface area contributed by atoms with E-state index < -0.39 is 0 Å². The van der Waals surface area contributed by atoms with E-state index in [1.807, 2.05) is 4.57 Å². The molecule has 1 unspecified atom stereocenters. The van der Waals surface area contributed by atoms with E-state index in [0.29, 0.717) is 23.5 Å². The predicted octanol–water partition coefficient (Wildman–Crippen LogP) is 0.512. The summed E-state index contributed by atoms with van der Waals surface area (Å²) in [6.07, 6.45) is 2.49.